The SMILES string of the molecule is CC(C1=NC(c2ccccc2)C(c2ccccc2)O1)C1=NC(c2ccccc2)C(c2ccccc2)O1. The molecule has 4 aromatic rings. The Hall–Kier alpha value is -4.18. The Morgan fingerprint density at radius 1 is 0.472 bits per heavy atom. The van der Waals surface area contributed by atoms with Crippen molar-refractivity contribution < 1.29 is 9.47 Å². The van der Waals surface area contributed by atoms with Crippen molar-refractivity contribution in [3.63, 3.8) is 0 Å². The van der Waals surface area contributed by atoms with E-state index in [0.29, 0.717) is 11.8 Å². The van der Waals surface area contributed by atoms with Crippen molar-refractivity contribution in [2.45, 2.75) is 31.2 Å². The van der Waals surface area contributed by atoms with Gasteiger partial charge in [0.2, 0.25) is 0 Å². The third-order valence-corrected chi connectivity index (χ3v) is 6.88. The predicted octanol–water partition coefficient (Wildman–Crippen LogP) is 7.45. The molecule has 4 nitrogen and oxygen atoms in total. The molecule has 4 aromatic carbocycles. The fourth-order valence-electron chi connectivity index (χ4n) is 4.98. The van der Waals surface area contributed by atoms with E-state index in [0.717, 1.165) is 22.3 Å². The molecule has 0 aliphatic carbocycles. The molecule has 2 aliphatic heterocycles. The highest BCUT2D eigenvalue weighted by Gasteiger charge is 2.41. The second-order valence-electron chi connectivity index (χ2n) is 9.27. The molecule has 0 fully saturated rings. The monoisotopic (exact) mass is 472 g/mol. The number of hydrogen-bond donors (Lipinski definition) is 0. The second-order valence-corrected chi connectivity index (χ2v) is 9.27. The topological polar surface area (TPSA) is 43.2 Å². The summed E-state index contributed by atoms with van der Waals surface area (Å²) in [5.41, 5.74) is 4.48. The summed E-state index contributed by atoms with van der Waals surface area (Å²) < 4.78 is 13.1. The molecule has 0 radical (unpaired) electrons. The van der Waals surface area contributed by atoms with Crippen LogP contribution in [0.25, 0.3) is 0 Å². The summed E-state index contributed by atoms with van der Waals surface area (Å²) in [5, 5.41) is 0. The lowest BCUT2D eigenvalue weighted by Crippen LogP contribution is -2.23. The van der Waals surface area contributed by atoms with Crippen LogP contribution in [0.15, 0.2) is 131 Å². The van der Waals surface area contributed by atoms with E-state index in [1.54, 1.807) is 0 Å². The summed E-state index contributed by atoms with van der Waals surface area (Å²) >= 11 is 0. The molecule has 0 aromatic heterocycles. The van der Waals surface area contributed by atoms with Crippen molar-refractivity contribution in [3.05, 3.63) is 144 Å². The lowest BCUT2D eigenvalue weighted by molar-refractivity contribution is 0.175. The molecule has 0 spiro atoms. The Morgan fingerprint density at radius 3 is 1.11 bits per heavy atom. The molecule has 4 atom stereocenters. The number of nitrogens with zero attached hydrogens (tertiary/aromatic N) is 2. The van der Waals surface area contributed by atoms with Gasteiger partial charge in [0, 0.05) is 0 Å². The fraction of sp³-hybridized carbons (Fsp3) is 0.188. The summed E-state index contributed by atoms with van der Waals surface area (Å²) in [6.45, 7) is 2.07. The standard InChI is InChI=1S/C32H28N2O2/c1-22(31-33-27(23-14-6-2-7-15-23)29(35-31)25-18-10-4-11-19-25)32-34-28(24-16-8-3-9-17-24)30(36-32)26-20-12-5-13-21-26/h2-22,27-30H,1H3. The van der Waals surface area contributed by atoms with E-state index in [9.17, 15) is 0 Å². The summed E-state index contributed by atoms with van der Waals surface area (Å²) in [6, 6.07) is 41.1. The van der Waals surface area contributed by atoms with Gasteiger partial charge in [0.25, 0.3) is 0 Å². The number of benzene rings is 4. The zero-order valence-corrected chi connectivity index (χ0v) is 20.1. The third kappa shape index (κ3) is 4.31. The van der Waals surface area contributed by atoms with Gasteiger partial charge in [-0.15, -0.1) is 0 Å². The van der Waals surface area contributed by atoms with Gasteiger partial charge >= 0.3 is 0 Å². The summed E-state index contributed by atoms with van der Waals surface area (Å²) in [4.78, 5) is 10.2. The first kappa shape index (κ1) is 22.3. The van der Waals surface area contributed by atoms with Gasteiger partial charge in [0.05, 0.1) is 0 Å². The highest BCUT2D eigenvalue weighted by atomic mass is 16.5. The van der Waals surface area contributed by atoms with Gasteiger partial charge in [-0.05, 0) is 29.2 Å². The van der Waals surface area contributed by atoms with Gasteiger partial charge < -0.3 is 9.47 Å². The zero-order chi connectivity index (χ0) is 24.3. The van der Waals surface area contributed by atoms with Gasteiger partial charge in [-0.2, -0.15) is 0 Å². The van der Waals surface area contributed by atoms with Crippen LogP contribution in [0.5, 0.6) is 0 Å². The van der Waals surface area contributed by atoms with E-state index in [-0.39, 0.29) is 30.2 Å². The maximum atomic E-state index is 6.56. The smallest absolute Gasteiger partial charge is 0.197 e. The van der Waals surface area contributed by atoms with Crippen LogP contribution >= 0.6 is 0 Å². The third-order valence-electron chi connectivity index (χ3n) is 6.88. The summed E-state index contributed by atoms with van der Waals surface area (Å²) in [6.07, 6.45) is -0.384. The number of aliphatic imine (C=N–C) groups is 2. The highest BCUT2D eigenvalue weighted by Crippen LogP contribution is 2.44. The van der Waals surface area contributed by atoms with E-state index >= 15 is 0 Å². The molecule has 4 unspecified atom stereocenters. The Bertz CT molecular complexity index is 1250. The van der Waals surface area contributed by atoms with Crippen molar-refractivity contribution in [2.24, 2.45) is 15.9 Å². The number of hydrogen-bond acceptors (Lipinski definition) is 4. The van der Waals surface area contributed by atoms with E-state index < -0.39 is 0 Å². The number of ether oxygens (including phenoxy) is 2. The van der Waals surface area contributed by atoms with Gasteiger partial charge in [0.15, 0.2) is 24.0 Å². The van der Waals surface area contributed by atoms with Crippen molar-refractivity contribution in [1.29, 1.82) is 0 Å². The fourth-order valence-corrected chi connectivity index (χ4v) is 4.98. The predicted molar refractivity (Wildman–Crippen MR) is 143 cm³/mol. The Morgan fingerprint density at radius 2 is 0.778 bits per heavy atom. The first-order valence-corrected chi connectivity index (χ1v) is 12.5. The van der Waals surface area contributed by atoms with Crippen LogP contribution in [-0.4, -0.2) is 11.8 Å². The molecule has 178 valence electrons. The Labute approximate surface area is 212 Å². The molecule has 36 heavy (non-hydrogen) atoms. The first-order chi connectivity index (χ1) is 17.8. The average Bonchev–Trinajstić information content (AvgIpc) is 3.61. The number of rotatable bonds is 6. The van der Waals surface area contributed by atoms with Crippen LogP contribution in [0.3, 0.4) is 0 Å². The van der Waals surface area contributed by atoms with Crippen molar-refractivity contribution in [3.8, 4) is 0 Å². The second kappa shape index (κ2) is 9.82. The zero-order valence-electron chi connectivity index (χ0n) is 20.1. The van der Waals surface area contributed by atoms with Gasteiger partial charge in [0.1, 0.15) is 18.0 Å². The molecule has 0 saturated carbocycles. The minimum absolute atomic E-state index is 0.122. The summed E-state index contributed by atoms with van der Waals surface area (Å²) in [5.74, 6) is 1.12. The van der Waals surface area contributed by atoms with Crippen LogP contribution in [0.4, 0.5) is 0 Å². The average molecular weight is 473 g/mol. The lowest BCUT2D eigenvalue weighted by Gasteiger charge is -2.20. The van der Waals surface area contributed by atoms with Crippen LogP contribution < -0.4 is 0 Å². The molecular weight excluding hydrogens is 444 g/mol. The highest BCUT2D eigenvalue weighted by molar-refractivity contribution is 6.01. The van der Waals surface area contributed by atoms with E-state index in [1.165, 1.54) is 0 Å². The van der Waals surface area contributed by atoms with E-state index in [4.69, 9.17) is 19.5 Å². The van der Waals surface area contributed by atoms with E-state index in [2.05, 4.69) is 55.5 Å². The van der Waals surface area contributed by atoms with Crippen LogP contribution in [0.2, 0.25) is 0 Å². The molecule has 0 amide bonds. The summed E-state index contributed by atoms with van der Waals surface area (Å²) in [7, 11) is 0. The van der Waals surface area contributed by atoms with Crippen LogP contribution in [0.1, 0.15) is 53.5 Å². The lowest BCUT2D eigenvalue weighted by atomic mass is 9.97. The quantitative estimate of drug-likeness (QED) is 0.293. The van der Waals surface area contributed by atoms with Crippen LogP contribution in [-0.2, 0) is 9.47 Å². The van der Waals surface area contributed by atoms with Crippen LogP contribution in [0, 0.1) is 5.92 Å². The Balaban J connectivity index is 1.33. The molecule has 4 heteroatoms. The van der Waals surface area contributed by atoms with Crippen molar-refractivity contribution in [1.82, 2.24) is 0 Å². The van der Waals surface area contributed by atoms with Gasteiger partial charge in [-0.25, -0.2) is 9.98 Å². The molecule has 2 aliphatic rings. The maximum Gasteiger partial charge on any atom is 0.197 e. The molecule has 2 heterocycles. The molecule has 0 N–H and O–H groups in total. The van der Waals surface area contributed by atoms with Gasteiger partial charge in [-0.1, -0.05) is 121 Å². The van der Waals surface area contributed by atoms with Gasteiger partial charge in [-0.3, -0.25) is 0 Å². The molecule has 0 saturated heterocycles. The molecule has 6 rings (SSSR count). The first-order valence-electron chi connectivity index (χ1n) is 12.5. The minimum atomic E-state index is -0.204. The minimum Gasteiger partial charge on any atom is -0.470 e. The largest absolute Gasteiger partial charge is 0.470 e. The molecular formula is C32H28N2O2. The van der Waals surface area contributed by atoms with Crippen molar-refractivity contribution >= 4 is 11.8 Å². The maximum absolute atomic E-state index is 6.56. The van der Waals surface area contributed by atoms with Crippen molar-refractivity contribution in [2.75, 3.05) is 0 Å². The normalized spacial score (nSPS) is 23.8. The van der Waals surface area contributed by atoms with E-state index in [1.807, 2.05) is 72.8 Å². The molecule has 0 bridgehead atoms. The Kier molecular flexibility index (Phi) is 6.08.